The van der Waals surface area contributed by atoms with Crippen LogP contribution in [0.1, 0.15) is 27.8 Å². The van der Waals surface area contributed by atoms with E-state index in [1.807, 2.05) is 0 Å². The molecule has 0 amide bonds. The van der Waals surface area contributed by atoms with Gasteiger partial charge in [0.15, 0.2) is 23.3 Å². The van der Waals surface area contributed by atoms with Crippen molar-refractivity contribution >= 4 is 28.0 Å². The van der Waals surface area contributed by atoms with Crippen LogP contribution in [0.2, 0.25) is 0 Å². The molecule has 1 nitrogen and oxygen atoms in total. The van der Waals surface area contributed by atoms with Crippen molar-refractivity contribution in [1.29, 1.82) is 0 Å². The summed E-state index contributed by atoms with van der Waals surface area (Å²) in [6.45, 7) is 4.30. The van der Waals surface area contributed by atoms with Gasteiger partial charge in [-0.25, -0.2) is 52.7 Å². The van der Waals surface area contributed by atoms with E-state index < -0.39 is 120 Å². The van der Waals surface area contributed by atoms with Gasteiger partial charge in [0.2, 0.25) is 0 Å². The van der Waals surface area contributed by atoms with Gasteiger partial charge in [-0.1, -0.05) is 30.3 Å². The Balaban J connectivity index is 0.000000502. The number of nitrogens with one attached hydrogen (secondary N) is 1. The third kappa shape index (κ3) is 6.85. The molecule has 0 aromatic heterocycles. The average molecular weight is 727 g/mol. The van der Waals surface area contributed by atoms with Gasteiger partial charge in [0.1, 0.15) is 36.0 Å². The maximum atomic E-state index is 15.8. The fraction of sp³-hybridized carbons (Fsp3) is 0.189. The highest BCUT2D eigenvalue weighted by Crippen LogP contribution is 2.27. The highest BCUT2D eigenvalue weighted by molar-refractivity contribution is 7.20. The first kappa shape index (κ1) is 39.1. The molecule has 14 heteroatoms. The minimum absolute atomic E-state index is 0.158. The molecule has 0 spiro atoms. The summed E-state index contributed by atoms with van der Waals surface area (Å²) in [6, 6.07) is 11.2. The summed E-state index contributed by atoms with van der Waals surface area (Å²) < 4.78 is 186. The molecule has 5 rings (SSSR count). The van der Waals surface area contributed by atoms with Crippen LogP contribution in [0.25, 0.3) is 0 Å². The van der Waals surface area contributed by atoms with Gasteiger partial charge in [-0.3, -0.25) is 0 Å². The lowest BCUT2D eigenvalue weighted by molar-refractivity contribution is -0.872. The van der Waals surface area contributed by atoms with Crippen LogP contribution in [0, 0.1) is 97.5 Å². The van der Waals surface area contributed by atoms with Gasteiger partial charge < -0.3 is 4.90 Å². The normalized spacial score (nSPS) is 11.6. The van der Waals surface area contributed by atoms with E-state index in [1.54, 1.807) is 0 Å². The van der Waals surface area contributed by atoms with Gasteiger partial charge in [-0.15, -0.1) is 21.9 Å². The molecule has 0 aliphatic heterocycles. The molecule has 0 atom stereocenters. The highest BCUT2D eigenvalue weighted by atomic mass is 19.2. The van der Waals surface area contributed by atoms with E-state index in [2.05, 4.69) is 44.4 Å². The number of hydrogen-bond donors (Lipinski definition) is 1. The fourth-order valence-corrected chi connectivity index (χ4v) is 6.37. The van der Waals surface area contributed by atoms with Crippen molar-refractivity contribution in [3.05, 3.63) is 152 Å². The number of halogens is 12. The summed E-state index contributed by atoms with van der Waals surface area (Å²) in [4.78, 5) is 1.46. The van der Waals surface area contributed by atoms with E-state index in [9.17, 15) is 17.6 Å². The summed E-state index contributed by atoms with van der Waals surface area (Å²) in [6.07, 6.45) is -5.51. The van der Waals surface area contributed by atoms with Crippen LogP contribution >= 0.6 is 0 Å². The van der Waals surface area contributed by atoms with Gasteiger partial charge in [-0.05, 0) is 74.2 Å². The van der Waals surface area contributed by atoms with E-state index in [0.29, 0.717) is 0 Å². The Morgan fingerprint density at radius 3 is 0.902 bits per heavy atom. The second-order valence-corrected chi connectivity index (χ2v) is 12.6. The van der Waals surface area contributed by atoms with Crippen LogP contribution in [0.4, 0.5) is 52.7 Å². The Morgan fingerprint density at radius 2 is 0.667 bits per heavy atom. The molecule has 51 heavy (non-hydrogen) atoms. The van der Waals surface area contributed by atoms with Crippen molar-refractivity contribution in [3.63, 3.8) is 0 Å². The Bertz CT molecular complexity index is 1870. The number of hydrogen-bond acceptors (Lipinski definition) is 0. The van der Waals surface area contributed by atoms with Crippen LogP contribution in [-0.4, -0.2) is 20.2 Å². The van der Waals surface area contributed by atoms with Crippen LogP contribution in [0.3, 0.4) is 0 Å². The second kappa shape index (κ2) is 14.9. The predicted octanol–water partition coefficient (Wildman–Crippen LogP) is 6.30. The zero-order valence-corrected chi connectivity index (χ0v) is 28.0. The van der Waals surface area contributed by atoms with Gasteiger partial charge in [-0.2, -0.15) is 0 Å². The summed E-state index contributed by atoms with van der Waals surface area (Å²) in [7, 11) is 4.32. The fourth-order valence-electron chi connectivity index (χ4n) is 6.37. The molecule has 0 aliphatic carbocycles. The zero-order valence-electron chi connectivity index (χ0n) is 28.0. The lowest BCUT2D eigenvalue weighted by Crippen LogP contribution is -3.04. The molecular weight excluding hydrogens is 697 g/mol. The van der Waals surface area contributed by atoms with Crippen molar-refractivity contribution in [2.45, 2.75) is 34.2 Å². The molecule has 0 aliphatic rings. The Kier molecular flexibility index (Phi) is 11.4. The largest absolute Gasteiger partial charge is 0.336 e. The van der Waals surface area contributed by atoms with Crippen molar-refractivity contribution in [2.24, 2.45) is 0 Å². The summed E-state index contributed by atoms with van der Waals surface area (Å²) in [5.74, 6) is -26.3. The molecule has 0 bridgehead atoms. The molecule has 5 aromatic rings. The second-order valence-electron chi connectivity index (χ2n) is 12.6. The highest BCUT2D eigenvalue weighted by Gasteiger charge is 2.48. The van der Waals surface area contributed by atoms with Crippen molar-refractivity contribution in [2.75, 3.05) is 14.1 Å². The van der Waals surface area contributed by atoms with E-state index in [4.69, 9.17) is 0 Å². The molecule has 0 fully saturated rings. The van der Waals surface area contributed by atoms with Gasteiger partial charge >= 0.3 is 0 Å². The first-order chi connectivity index (χ1) is 23.8. The quantitative estimate of drug-likeness (QED) is 0.119. The Hall–Kier alpha value is -4.72. The van der Waals surface area contributed by atoms with Gasteiger partial charge in [0, 0.05) is 5.56 Å². The van der Waals surface area contributed by atoms with Crippen molar-refractivity contribution in [3.8, 4) is 0 Å². The molecule has 5 aromatic carbocycles. The maximum absolute atomic E-state index is 15.8. The first-order valence-corrected chi connectivity index (χ1v) is 15.3. The monoisotopic (exact) mass is 727 g/mol. The minimum atomic E-state index is -5.51. The molecule has 0 saturated carbocycles. The first-order valence-electron chi connectivity index (χ1n) is 15.3. The number of rotatable bonds is 6. The number of aryl methyl sites for hydroxylation is 4. The Morgan fingerprint density at radius 1 is 0.412 bits per heavy atom. The molecule has 0 heterocycles. The van der Waals surface area contributed by atoms with Crippen LogP contribution in [-0.2, 0) is 6.54 Å². The standard InChI is InChI=1S/C28H16BF12.C9H13N/c1-9-5-13(30)17(25(38)21(9)34)29(18-14(31)6-10(2)22(35)26(18)39,19-15(32)7-11(3)23(36)27(19)40)20-16(33)8-12(4)24(37)28(20)41;1-10(2)8-9-6-4-3-5-7-9/h5-8H,1-4H3;3-7H,8H2,1-2H3/q-1;/p+1. The van der Waals surface area contributed by atoms with Crippen molar-refractivity contribution in [1.82, 2.24) is 0 Å². The molecule has 270 valence electrons. The molecular formula is C37H30BF12N. The maximum Gasteiger partial charge on any atom is 0.158 e. The van der Waals surface area contributed by atoms with Gasteiger partial charge in [0.05, 0.1) is 37.4 Å². The topological polar surface area (TPSA) is 4.44 Å². The minimum Gasteiger partial charge on any atom is -0.336 e. The predicted molar refractivity (Wildman–Crippen MR) is 171 cm³/mol. The smallest absolute Gasteiger partial charge is 0.158 e. The third-order valence-electron chi connectivity index (χ3n) is 8.64. The van der Waals surface area contributed by atoms with Crippen LogP contribution < -0.4 is 26.8 Å². The lowest BCUT2D eigenvalue weighted by atomic mass is 9.12. The van der Waals surface area contributed by atoms with Crippen LogP contribution in [0.15, 0.2) is 54.6 Å². The van der Waals surface area contributed by atoms with Gasteiger partial charge in [0.25, 0.3) is 0 Å². The van der Waals surface area contributed by atoms with E-state index >= 15 is 35.1 Å². The number of benzene rings is 5. The summed E-state index contributed by atoms with van der Waals surface area (Å²) in [5.41, 5.74) is -10.4. The van der Waals surface area contributed by atoms with E-state index in [0.717, 1.165) is 34.2 Å². The van der Waals surface area contributed by atoms with Crippen molar-refractivity contribution < 1.29 is 57.6 Å². The summed E-state index contributed by atoms with van der Waals surface area (Å²) >= 11 is 0. The van der Waals surface area contributed by atoms with Crippen LogP contribution in [0.5, 0.6) is 0 Å². The lowest BCUT2D eigenvalue weighted by Gasteiger charge is -2.45. The molecule has 1 N–H and O–H groups in total. The Labute approximate surface area is 286 Å². The SMILES string of the molecule is C[NH+](C)Cc1ccccc1.Cc1cc(F)c([B-](c2c(F)cc(C)c(F)c2F)(c2c(F)cc(C)c(F)c2F)c2c(F)cc(C)c(F)c2F)c(F)c1F. The van der Waals surface area contributed by atoms with E-state index in [1.165, 1.54) is 10.5 Å². The summed E-state index contributed by atoms with van der Waals surface area (Å²) in [5, 5.41) is 0. The number of quaternary nitrogens is 1. The average Bonchev–Trinajstić information content (AvgIpc) is 3.04. The molecule has 0 unspecified atom stereocenters. The zero-order chi connectivity index (χ0) is 38.3. The third-order valence-corrected chi connectivity index (χ3v) is 8.64. The molecule has 0 saturated heterocycles. The van der Waals surface area contributed by atoms with E-state index in [-0.39, 0.29) is 24.3 Å². The molecule has 0 radical (unpaired) electrons.